The molecule has 0 radical (unpaired) electrons. The molecule has 0 saturated carbocycles. The van der Waals surface area contributed by atoms with E-state index < -0.39 is 6.36 Å². The maximum Gasteiger partial charge on any atom is 0.573 e. The molecule has 6 heteroatoms. The lowest BCUT2D eigenvalue weighted by Gasteiger charge is -2.12. The predicted molar refractivity (Wildman–Crippen MR) is 75.2 cm³/mol. The molecule has 20 heavy (non-hydrogen) atoms. The highest BCUT2D eigenvalue weighted by Gasteiger charge is 2.31. The Balaban J connectivity index is 2.42. The van der Waals surface area contributed by atoms with E-state index in [1.807, 2.05) is 0 Å². The number of unbranched alkanes of at least 4 members (excludes halogenated alkanes) is 2. The summed E-state index contributed by atoms with van der Waals surface area (Å²) in [4.78, 5) is 0. The fourth-order valence-corrected chi connectivity index (χ4v) is 2.08. The molecule has 0 saturated heterocycles. The Morgan fingerprint density at radius 1 is 1.30 bits per heavy atom. The lowest BCUT2D eigenvalue weighted by molar-refractivity contribution is -0.274. The monoisotopic (exact) mass is 349 g/mol. The minimum atomic E-state index is -4.68. The normalized spacial score (nSPS) is 11.2. The molecule has 1 aromatic carbocycles. The summed E-state index contributed by atoms with van der Waals surface area (Å²) in [5, 5.41) is 3.20. The first-order chi connectivity index (χ1) is 9.42. The van der Waals surface area contributed by atoms with Gasteiger partial charge < -0.3 is 10.1 Å². The Labute approximate surface area is 124 Å². The number of rotatable bonds is 7. The zero-order valence-corrected chi connectivity index (χ0v) is 12.4. The smallest absolute Gasteiger partial charge is 0.405 e. The molecule has 0 aliphatic heterocycles. The number of alkyl halides is 3. The fraction of sp³-hybridized carbons (Fsp3) is 0.429. The van der Waals surface area contributed by atoms with Crippen molar-refractivity contribution < 1.29 is 17.9 Å². The van der Waals surface area contributed by atoms with Crippen molar-refractivity contribution in [3.63, 3.8) is 0 Å². The Bertz CT molecular complexity index is 468. The van der Waals surface area contributed by atoms with Crippen LogP contribution in [0, 0.1) is 12.3 Å². The van der Waals surface area contributed by atoms with Crippen LogP contribution in [-0.2, 0) is 6.54 Å². The maximum absolute atomic E-state index is 12.1. The van der Waals surface area contributed by atoms with Crippen LogP contribution in [0.25, 0.3) is 0 Å². The number of hydrogen-bond donors (Lipinski definition) is 1. The molecule has 1 rings (SSSR count). The summed E-state index contributed by atoms with van der Waals surface area (Å²) in [6.07, 6.45) is 3.16. The average molecular weight is 350 g/mol. The van der Waals surface area contributed by atoms with Gasteiger partial charge in [-0.05, 0) is 53.0 Å². The summed E-state index contributed by atoms with van der Waals surface area (Å²) < 4.78 is 40.5. The Hall–Kier alpha value is -1.19. The van der Waals surface area contributed by atoms with E-state index in [0.717, 1.165) is 31.4 Å². The van der Waals surface area contributed by atoms with Crippen molar-refractivity contribution >= 4 is 15.9 Å². The van der Waals surface area contributed by atoms with E-state index in [1.54, 1.807) is 12.1 Å². The number of ether oxygens (including phenoxy) is 1. The fourth-order valence-electron chi connectivity index (χ4n) is 1.57. The van der Waals surface area contributed by atoms with E-state index in [4.69, 9.17) is 6.42 Å². The van der Waals surface area contributed by atoms with Gasteiger partial charge in [0, 0.05) is 13.0 Å². The van der Waals surface area contributed by atoms with E-state index in [1.165, 1.54) is 6.07 Å². The molecular weight excluding hydrogens is 335 g/mol. The standard InChI is InChI=1S/C14H15BrF3NO/c1-2-3-4-5-8-19-10-11-6-7-13(12(15)9-11)20-14(16,17)18/h1,6-7,9,19H,3-5,8,10H2. The molecule has 0 atom stereocenters. The molecule has 0 aromatic heterocycles. The van der Waals surface area contributed by atoms with Crippen molar-refractivity contribution in [1.29, 1.82) is 0 Å². The van der Waals surface area contributed by atoms with Gasteiger partial charge in [0.15, 0.2) is 0 Å². The van der Waals surface area contributed by atoms with Gasteiger partial charge in [-0.3, -0.25) is 0 Å². The summed E-state index contributed by atoms with van der Waals surface area (Å²) in [6, 6.07) is 4.50. The lowest BCUT2D eigenvalue weighted by Crippen LogP contribution is -2.18. The molecule has 0 heterocycles. The van der Waals surface area contributed by atoms with Crippen molar-refractivity contribution in [1.82, 2.24) is 5.32 Å². The summed E-state index contributed by atoms with van der Waals surface area (Å²) in [6.45, 7) is 1.40. The molecule has 0 aliphatic rings. The van der Waals surface area contributed by atoms with Gasteiger partial charge in [0.05, 0.1) is 4.47 Å². The Morgan fingerprint density at radius 3 is 2.65 bits per heavy atom. The van der Waals surface area contributed by atoms with Gasteiger partial charge in [0.1, 0.15) is 5.75 Å². The summed E-state index contributed by atoms with van der Waals surface area (Å²) in [7, 11) is 0. The SMILES string of the molecule is C#CCCCCNCc1ccc(OC(F)(F)F)c(Br)c1. The van der Waals surface area contributed by atoms with Gasteiger partial charge in [0.25, 0.3) is 0 Å². The first-order valence-electron chi connectivity index (χ1n) is 6.11. The van der Waals surface area contributed by atoms with E-state index in [0.29, 0.717) is 6.54 Å². The van der Waals surface area contributed by atoms with Crippen LogP contribution in [-0.4, -0.2) is 12.9 Å². The zero-order chi connectivity index (χ0) is 15.0. The molecule has 0 unspecified atom stereocenters. The van der Waals surface area contributed by atoms with Gasteiger partial charge in [-0.2, -0.15) is 0 Å². The van der Waals surface area contributed by atoms with E-state index >= 15 is 0 Å². The first kappa shape index (κ1) is 16.9. The van der Waals surface area contributed by atoms with E-state index in [2.05, 4.69) is 31.9 Å². The minimum absolute atomic E-state index is 0.240. The van der Waals surface area contributed by atoms with Crippen LogP contribution in [0.3, 0.4) is 0 Å². The summed E-state index contributed by atoms with van der Waals surface area (Å²) in [5.74, 6) is 2.33. The van der Waals surface area contributed by atoms with Crippen molar-refractivity contribution in [2.75, 3.05) is 6.54 Å². The quantitative estimate of drug-likeness (QED) is 0.587. The minimum Gasteiger partial charge on any atom is -0.405 e. The summed E-state index contributed by atoms with van der Waals surface area (Å²) in [5.41, 5.74) is 0.878. The second kappa shape index (κ2) is 8.18. The van der Waals surface area contributed by atoms with Crippen LogP contribution >= 0.6 is 15.9 Å². The third kappa shape index (κ3) is 6.83. The molecule has 110 valence electrons. The number of halogens is 4. The van der Waals surface area contributed by atoms with Crippen molar-refractivity contribution in [3.8, 4) is 18.1 Å². The van der Waals surface area contributed by atoms with Gasteiger partial charge in [-0.1, -0.05) is 6.07 Å². The molecular formula is C14H15BrF3NO. The largest absolute Gasteiger partial charge is 0.573 e. The lowest BCUT2D eigenvalue weighted by atomic mass is 10.2. The number of benzene rings is 1. The van der Waals surface area contributed by atoms with Crippen molar-refractivity contribution in [3.05, 3.63) is 28.2 Å². The average Bonchev–Trinajstić information content (AvgIpc) is 2.35. The van der Waals surface area contributed by atoms with Crippen molar-refractivity contribution in [2.45, 2.75) is 32.2 Å². The number of hydrogen-bond acceptors (Lipinski definition) is 2. The summed E-state index contributed by atoms with van der Waals surface area (Å²) >= 11 is 3.07. The predicted octanol–water partition coefficient (Wildman–Crippen LogP) is 4.24. The second-order valence-electron chi connectivity index (χ2n) is 4.15. The highest BCUT2D eigenvalue weighted by Crippen LogP contribution is 2.30. The van der Waals surface area contributed by atoms with Crippen LogP contribution in [0.15, 0.2) is 22.7 Å². The van der Waals surface area contributed by atoms with Gasteiger partial charge in [0.2, 0.25) is 0 Å². The Morgan fingerprint density at radius 2 is 2.05 bits per heavy atom. The van der Waals surface area contributed by atoms with Crippen molar-refractivity contribution in [2.24, 2.45) is 0 Å². The molecule has 2 nitrogen and oxygen atoms in total. The molecule has 0 bridgehead atoms. The highest BCUT2D eigenvalue weighted by atomic mass is 79.9. The van der Waals surface area contributed by atoms with Crippen LogP contribution < -0.4 is 10.1 Å². The zero-order valence-electron chi connectivity index (χ0n) is 10.8. The van der Waals surface area contributed by atoms with Crippen LogP contribution in [0.4, 0.5) is 13.2 Å². The number of terminal acetylenes is 1. The molecule has 0 spiro atoms. The van der Waals surface area contributed by atoms with Crippen LogP contribution in [0.1, 0.15) is 24.8 Å². The second-order valence-corrected chi connectivity index (χ2v) is 5.00. The van der Waals surface area contributed by atoms with Crippen LogP contribution in [0.2, 0.25) is 0 Å². The third-order valence-electron chi connectivity index (χ3n) is 2.48. The van der Waals surface area contributed by atoms with E-state index in [9.17, 15) is 13.2 Å². The van der Waals surface area contributed by atoms with Gasteiger partial charge in [-0.25, -0.2) is 0 Å². The molecule has 1 N–H and O–H groups in total. The Kier molecular flexibility index (Phi) is 6.89. The molecule has 0 aliphatic carbocycles. The molecule has 0 fully saturated rings. The molecule has 0 amide bonds. The van der Waals surface area contributed by atoms with Crippen LogP contribution in [0.5, 0.6) is 5.75 Å². The maximum atomic E-state index is 12.1. The van der Waals surface area contributed by atoms with E-state index in [-0.39, 0.29) is 10.2 Å². The topological polar surface area (TPSA) is 21.3 Å². The highest BCUT2D eigenvalue weighted by molar-refractivity contribution is 9.10. The third-order valence-corrected chi connectivity index (χ3v) is 3.10. The molecule has 1 aromatic rings. The van der Waals surface area contributed by atoms with Gasteiger partial charge >= 0.3 is 6.36 Å². The number of nitrogens with one attached hydrogen (secondary N) is 1. The first-order valence-corrected chi connectivity index (χ1v) is 6.90. The van der Waals surface area contributed by atoms with Gasteiger partial charge in [-0.15, -0.1) is 25.5 Å².